The van der Waals surface area contributed by atoms with Crippen molar-refractivity contribution in [3.8, 4) is 0 Å². The fourth-order valence-corrected chi connectivity index (χ4v) is 7.08. The molecule has 0 spiro atoms. The van der Waals surface area contributed by atoms with Crippen LogP contribution in [0.5, 0.6) is 0 Å². The lowest BCUT2D eigenvalue weighted by molar-refractivity contribution is -0.0268. The minimum Gasteiger partial charge on any atom is -0.393 e. The fraction of sp³-hybridized carbons (Fsp3) is 0.789. The lowest BCUT2D eigenvalue weighted by Crippen LogP contribution is -2.49. The molecule has 4 rings (SSSR count). The summed E-state index contributed by atoms with van der Waals surface area (Å²) in [6, 6.07) is 0. The third kappa shape index (κ3) is 1.97. The van der Waals surface area contributed by atoms with E-state index in [1.165, 1.54) is 32.1 Å². The summed E-state index contributed by atoms with van der Waals surface area (Å²) in [5.74, 6) is 2.60. The van der Waals surface area contributed by atoms with E-state index in [0.717, 1.165) is 30.6 Å². The number of allylic oxidation sites excluding steroid dienone is 3. The Hall–Kier alpha value is 0.170. The summed E-state index contributed by atoms with van der Waals surface area (Å²) in [5.41, 5.74) is 2.45. The molecule has 2 saturated carbocycles. The van der Waals surface area contributed by atoms with Gasteiger partial charge in [0.25, 0.3) is 0 Å². The van der Waals surface area contributed by atoms with Crippen LogP contribution in [0.25, 0.3) is 0 Å². The lowest BCUT2D eigenvalue weighted by atomic mass is 9.48. The molecule has 0 radical (unpaired) electrons. The molecule has 0 heterocycles. The zero-order chi connectivity index (χ0) is 14.8. The van der Waals surface area contributed by atoms with Crippen molar-refractivity contribution in [3.63, 3.8) is 0 Å². The first-order valence-electron chi connectivity index (χ1n) is 8.69. The van der Waals surface area contributed by atoms with Gasteiger partial charge in [-0.1, -0.05) is 31.6 Å². The minimum atomic E-state index is -0.0798. The van der Waals surface area contributed by atoms with E-state index in [4.69, 9.17) is 0 Å². The number of aliphatic hydroxyl groups is 1. The van der Waals surface area contributed by atoms with Crippen LogP contribution in [0.1, 0.15) is 58.8 Å². The number of aliphatic hydroxyl groups excluding tert-OH is 1. The van der Waals surface area contributed by atoms with Crippen molar-refractivity contribution in [2.45, 2.75) is 64.9 Å². The van der Waals surface area contributed by atoms with Crippen LogP contribution in [0.3, 0.4) is 0 Å². The molecule has 116 valence electrons. The molecule has 6 atom stereocenters. The molecule has 4 aliphatic rings. The highest BCUT2D eigenvalue weighted by atomic mass is 127. The van der Waals surface area contributed by atoms with Gasteiger partial charge in [-0.2, -0.15) is 0 Å². The van der Waals surface area contributed by atoms with E-state index in [2.05, 4.69) is 48.6 Å². The summed E-state index contributed by atoms with van der Waals surface area (Å²) < 4.78 is 1.63. The molecule has 0 aromatic carbocycles. The third-order valence-electron chi connectivity index (χ3n) is 7.56. The van der Waals surface area contributed by atoms with Crippen LogP contribution in [0.2, 0.25) is 0 Å². The number of fused-ring (bicyclic) bond motifs is 5. The summed E-state index contributed by atoms with van der Waals surface area (Å²) >= 11 is 2.60. The van der Waals surface area contributed by atoms with Crippen LogP contribution in [-0.2, 0) is 0 Å². The molecule has 0 saturated heterocycles. The van der Waals surface area contributed by atoms with Crippen molar-refractivity contribution in [1.82, 2.24) is 0 Å². The minimum absolute atomic E-state index is 0.0798. The van der Waals surface area contributed by atoms with Gasteiger partial charge in [-0.05, 0) is 94.3 Å². The van der Waals surface area contributed by atoms with Crippen LogP contribution in [0.15, 0.2) is 21.3 Å². The maximum atomic E-state index is 10.0. The summed E-state index contributed by atoms with van der Waals surface area (Å²) in [6.07, 6.45) is 13.4. The SMILES string of the molecule is C[C@@]12CC[C@@H]3[C@H](CC=C4C[C@H](O)CC[C@]43C)[C@H]1CC=C2I. The Labute approximate surface area is 142 Å². The standard InChI is InChI=1S/C19H27IO/c1-18-9-7-13(21)11-12(18)3-4-14-15-5-6-17(20)19(15,2)10-8-16(14)18/h3,6,13-16,21H,4-5,7-11H2,1-2H3/t13-,14-,15-,16-,18-,19-/m1/s1. The molecule has 2 fully saturated rings. The van der Waals surface area contributed by atoms with Crippen LogP contribution >= 0.6 is 22.6 Å². The molecule has 0 bridgehead atoms. The molecule has 0 aliphatic heterocycles. The van der Waals surface area contributed by atoms with Gasteiger partial charge in [-0.25, -0.2) is 0 Å². The van der Waals surface area contributed by atoms with E-state index in [0.29, 0.717) is 10.8 Å². The van der Waals surface area contributed by atoms with Crippen molar-refractivity contribution in [1.29, 1.82) is 0 Å². The molecule has 0 amide bonds. The topological polar surface area (TPSA) is 20.2 Å². The predicted octanol–water partition coefficient (Wildman–Crippen LogP) is 5.24. The number of hydrogen-bond acceptors (Lipinski definition) is 1. The molecule has 1 nitrogen and oxygen atoms in total. The highest BCUT2D eigenvalue weighted by molar-refractivity contribution is 14.1. The molecule has 2 heteroatoms. The van der Waals surface area contributed by atoms with Crippen LogP contribution in [-0.4, -0.2) is 11.2 Å². The molecular formula is C19H27IO. The van der Waals surface area contributed by atoms with Crippen molar-refractivity contribution >= 4 is 22.6 Å². The van der Waals surface area contributed by atoms with Crippen molar-refractivity contribution < 1.29 is 5.11 Å². The Morgan fingerprint density at radius 2 is 1.81 bits per heavy atom. The van der Waals surface area contributed by atoms with Crippen molar-refractivity contribution in [3.05, 3.63) is 21.3 Å². The first kappa shape index (κ1) is 14.7. The van der Waals surface area contributed by atoms with E-state index in [1.54, 1.807) is 9.15 Å². The van der Waals surface area contributed by atoms with Gasteiger partial charge < -0.3 is 5.11 Å². The quantitative estimate of drug-likeness (QED) is 0.437. The van der Waals surface area contributed by atoms with Crippen LogP contribution in [0, 0.1) is 28.6 Å². The van der Waals surface area contributed by atoms with Gasteiger partial charge in [0.15, 0.2) is 0 Å². The largest absolute Gasteiger partial charge is 0.393 e. The van der Waals surface area contributed by atoms with E-state index in [-0.39, 0.29) is 6.10 Å². The summed E-state index contributed by atoms with van der Waals surface area (Å²) in [5, 5.41) is 10.0. The fourth-order valence-electron chi connectivity index (χ4n) is 6.16. The van der Waals surface area contributed by atoms with E-state index >= 15 is 0 Å². The summed E-state index contributed by atoms with van der Waals surface area (Å²) in [4.78, 5) is 0. The van der Waals surface area contributed by atoms with Gasteiger partial charge in [-0.3, -0.25) is 0 Å². The van der Waals surface area contributed by atoms with Crippen LogP contribution < -0.4 is 0 Å². The summed E-state index contributed by atoms with van der Waals surface area (Å²) in [7, 11) is 0. The second-order valence-electron chi connectivity index (χ2n) is 8.40. The van der Waals surface area contributed by atoms with Crippen molar-refractivity contribution in [2.24, 2.45) is 28.6 Å². The van der Waals surface area contributed by atoms with Gasteiger partial charge >= 0.3 is 0 Å². The molecule has 21 heavy (non-hydrogen) atoms. The first-order chi connectivity index (χ1) is 9.95. The molecule has 0 aromatic heterocycles. The van der Waals surface area contributed by atoms with Gasteiger partial charge in [0.05, 0.1) is 6.10 Å². The average Bonchev–Trinajstić information content (AvgIpc) is 2.76. The summed E-state index contributed by atoms with van der Waals surface area (Å²) in [6.45, 7) is 5.03. The number of rotatable bonds is 0. The zero-order valence-electron chi connectivity index (χ0n) is 13.2. The highest BCUT2D eigenvalue weighted by Crippen LogP contribution is 2.65. The van der Waals surface area contributed by atoms with Gasteiger partial charge in [0.1, 0.15) is 0 Å². The zero-order valence-corrected chi connectivity index (χ0v) is 15.4. The molecule has 0 aromatic rings. The van der Waals surface area contributed by atoms with E-state index in [1.807, 2.05) is 0 Å². The Balaban J connectivity index is 1.68. The third-order valence-corrected chi connectivity index (χ3v) is 9.24. The van der Waals surface area contributed by atoms with Crippen molar-refractivity contribution in [2.75, 3.05) is 0 Å². The molecular weight excluding hydrogens is 371 g/mol. The normalized spacial score (nSPS) is 52.4. The van der Waals surface area contributed by atoms with E-state index < -0.39 is 0 Å². The average molecular weight is 398 g/mol. The number of hydrogen-bond donors (Lipinski definition) is 1. The lowest BCUT2D eigenvalue weighted by Gasteiger charge is -2.57. The predicted molar refractivity (Wildman–Crippen MR) is 95.2 cm³/mol. The first-order valence-corrected chi connectivity index (χ1v) is 9.77. The highest BCUT2D eigenvalue weighted by Gasteiger charge is 2.56. The van der Waals surface area contributed by atoms with Gasteiger partial charge in [0.2, 0.25) is 0 Å². The maximum Gasteiger partial charge on any atom is 0.0577 e. The number of halogens is 1. The second-order valence-corrected chi connectivity index (χ2v) is 9.56. The Kier molecular flexibility index (Phi) is 3.39. The maximum absolute atomic E-state index is 10.0. The Morgan fingerprint density at radius 3 is 2.62 bits per heavy atom. The van der Waals surface area contributed by atoms with Gasteiger partial charge in [0, 0.05) is 5.41 Å². The second kappa shape index (κ2) is 4.83. The molecule has 4 aliphatic carbocycles. The smallest absolute Gasteiger partial charge is 0.0577 e. The monoisotopic (exact) mass is 398 g/mol. The molecule has 1 N–H and O–H groups in total. The van der Waals surface area contributed by atoms with Gasteiger partial charge in [-0.15, -0.1) is 0 Å². The molecule has 0 unspecified atom stereocenters. The van der Waals surface area contributed by atoms with Crippen LogP contribution in [0.4, 0.5) is 0 Å². The Bertz CT molecular complexity index is 522. The Morgan fingerprint density at radius 1 is 1.05 bits per heavy atom. The van der Waals surface area contributed by atoms with E-state index in [9.17, 15) is 5.11 Å².